The van der Waals surface area contributed by atoms with Gasteiger partial charge in [0, 0.05) is 7.05 Å². The van der Waals surface area contributed by atoms with Crippen molar-refractivity contribution >= 4 is 5.91 Å². The van der Waals surface area contributed by atoms with Crippen LogP contribution >= 0.6 is 0 Å². The van der Waals surface area contributed by atoms with Crippen LogP contribution in [0.5, 0.6) is 5.75 Å². The summed E-state index contributed by atoms with van der Waals surface area (Å²) in [6, 6.07) is 5.96. The summed E-state index contributed by atoms with van der Waals surface area (Å²) >= 11 is 0. The van der Waals surface area contributed by atoms with Gasteiger partial charge in [-0.25, -0.2) is 0 Å². The Morgan fingerprint density at radius 1 is 1.35 bits per heavy atom. The van der Waals surface area contributed by atoms with Gasteiger partial charge in [0.25, 0.3) is 0 Å². The van der Waals surface area contributed by atoms with Crippen molar-refractivity contribution < 1.29 is 9.53 Å². The third kappa shape index (κ3) is 4.07. The minimum atomic E-state index is -0.0753. The van der Waals surface area contributed by atoms with Crippen LogP contribution in [-0.2, 0) is 4.79 Å². The Morgan fingerprint density at radius 2 is 2.06 bits per heavy atom. The zero-order valence-electron chi connectivity index (χ0n) is 10.7. The number of carbonyl (C=O) groups is 1. The molecule has 1 aromatic rings. The lowest BCUT2D eigenvalue weighted by atomic mass is 10.1. The number of nitrogens with zero attached hydrogens (tertiary/aromatic N) is 1. The molecule has 0 heterocycles. The number of nitrogens with two attached hydrogens (primary N) is 1. The van der Waals surface area contributed by atoms with E-state index in [-0.39, 0.29) is 12.5 Å². The molecular formula is C13H20N2O2. The maximum Gasteiger partial charge on any atom is 0.236 e. The molecule has 4 heteroatoms. The summed E-state index contributed by atoms with van der Waals surface area (Å²) in [5.74, 6) is 0.760. The molecule has 0 saturated carbocycles. The topological polar surface area (TPSA) is 55.6 Å². The number of ether oxygens (including phenoxy) is 1. The predicted octanol–water partition coefficient (Wildman–Crippen LogP) is 1.10. The van der Waals surface area contributed by atoms with Crippen LogP contribution in [0.1, 0.15) is 11.1 Å². The third-order valence-corrected chi connectivity index (χ3v) is 2.77. The SMILES string of the molecule is Cc1ccc(OCCN(C)C(=O)CN)cc1C. The highest BCUT2D eigenvalue weighted by molar-refractivity contribution is 5.77. The highest BCUT2D eigenvalue weighted by Crippen LogP contribution is 2.16. The molecule has 1 amide bonds. The standard InChI is InChI=1S/C13H20N2O2/c1-10-4-5-12(8-11(10)2)17-7-6-15(3)13(16)9-14/h4-5,8H,6-7,9,14H2,1-3H3. The summed E-state index contributed by atoms with van der Waals surface area (Å²) in [5, 5.41) is 0. The second-order valence-electron chi connectivity index (χ2n) is 4.11. The summed E-state index contributed by atoms with van der Waals surface area (Å²) in [4.78, 5) is 12.8. The molecule has 0 atom stereocenters. The molecule has 0 aliphatic heterocycles. The van der Waals surface area contributed by atoms with Crippen molar-refractivity contribution in [2.24, 2.45) is 5.73 Å². The van der Waals surface area contributed by atoms with Gasteiger partial charge in [-0.3, -0.25) is 4.79 Å². The van der Waals surface area contributed by atoms with E-state index in [1.807, 2.05) is 25.1 Å². The molecule has 2 N–H and O–H groups in total. The summed E-state index contributed by atoms with van der Waals surface area (Å²) in [5.41, 5.74) is 7.71. The quantitative estimate of drug-likeness (QED) is 0.833. The Hall–Kier alpha value is -1.55. The molecule has 0 aliphatic rings. The number of carbonyl (C=O) groups excluding carboxylic acids is 1. The smallest absolute Gasteiger partial charge is 0.236 e. The van der Waals surface area contributed by atoms with Gasteiger partial charge < -0.3 is 15.4 Å². The molecule has 0 bridgehead atoms. The van der Waals surface area contributed by atoms with E-state index in [4.69, 9.17) is 10.5 Å². The van der Waals surface area contributed by atoms with Crippen LogP contribution in [0.2, 0.25) is 0 Å². The highest BCUT2D eigenvalue weighted by Gasteiger charge is 2.05. The van der Waals surface area contributed by atoms with Gasteiger partial charge in [-0.15, -0.1) is 0 Å². The second kappa shape index (κ2) is 6.25. The first-order chi connectivity index (χ1) is 8.04. The summed E-state index contributed by atoms with van der Waals surface area (Å²) in [6.45, 7) is 5.17. The summed E-state index contributed by atoms with van der Waals surface area (Å²) in [6.07, 6.45) is 0. The lowest BCUT2D eigenvalue weighted by Gasteiger charge is -2.16. The van der Waals surface area contributed by atoms with Gasteiger partial charge in [0.05, 0.1) is 13.1 Å². The monoisotopic (exact) mass is 236 g/mol. The molecule has 94 valence electrons. The molecule has 0 radical (unpaired) electrons. The maximum atomic E-state index is 11.2. The van der Waals surface area contributed by atoms with Crippen molar-refractivity contribution in [3.8, 4) is 5.75 Å². The van der Waals surface area contributed by atoms with Crippen LogP contribution in [0.15, 0.2) is 18.2 Å². The van der Waals surface area contributed by atoms with Gasteiger partial charge in [-0.05, 0) is 37.1 Å². The molecule has 0 saturated heterocycles. The Bertz CT molecular complexity index is 391. The number of rotatable bonds is 5. The number of likely N-dealkylation sites (N-methyl/N-ethyl adjacent to an activating group) is 1. The Morgan fingerprint density at radius 3 is 2.65 bits per heavy atom. The minimum Gasteiger partial charge on any atom is -0.492 e. The molecule has 0 unspecified atom stereocenters. The minimum absolute atomic E-state index is 0.0418. The second-order valence-corrected chi connectivity index (χ2v) is 4.11. The number of benzene rings is 1. The van der Waals surface area contributed by atoms with E-state index in [0.29, 0.717) is 13.2 Å². The van der Waals surface area contributed by atoms with Crippen molar-refractivity contribution in [3.63, 3.8) is 0 Å². The van der Waals surface area contributed by atoms with Gasteiger partial charge in [-0.2, -0.15) is 0 Å². The molecular weight excluding hydrogens is 216 g/mol. The number of amides is 1. The zero-order chi connectivity index (χ0) is 12.8. The maximum absolute atomic E-state index is 11.2. The van der Waals surface area contributed by atoms with Crippen molar-refractivity contribution in [3.05, 3.63) is 29.3 Å². The van der Waals surface area contributed by atoms with Crippen LogP contribution in [0.3, 0.4) is 0 Å². The van der Waals surface area contributed by atoms with E-state index in [2.05, 4.69) is 6.92 Å². The fourth-order valence-electron chi connectivity index (χ4n) is 1.38. The molecule has 4 nitrogen and oxygen atoms in total. The normalized spacial score (nSPS) is 10.1. The molecule has 1 rings (SSSR count). The van der Waals surface area contributed by atoms with Crippen molar-refractivity contribution in [2.45, 2.75) is 13.8 Å². The Kier molecular flexibility index (Phi) is 4.97. The predicted molar refractivity (Wildman–Crippen MR) is 68.1 cm³/mol. The Balaban J connectivity index is 2.40. The van der Waals surface area contributed by atoms with E-state index in [0.717, 1.165) is 5.75 Å². The summed E-state index contributed by atoms with van der Waals surface area (Å²) < 4.78 is 5.57. The molecule has 0 fully saturated rings. The van der Waals surface area contributed by atoms with Crippen molar-refractivity contribution in [2.75, 3.05) is 26.7 Å². The number of hydrogen-bond acceptors (Lipinski definition) is 3. The zero-order valence-corrected chi connectivity index (χ0v) is 10.7. The van der Waals surface area contributed by atoms with E-state index in [1.54, 1.807) is 11.9 Å². The highest BCUT2D eigenvalue weighted by atomic mass is 16.5. The van der Waals surface area contributed by atoms with Crippen LogP contribution in [-0.4, -0.2) is 37.6 Å². The molecule has 17 heavy (non-hydrogen) atoms. The van der Waals surface area contributed by atoms with Gasteiger partial charge >= 0.3 is 0 Å². The van der Waals surface area contributed by atoms with E-state index in [1.165, 1.54) is 11.1 Å². The van der Waals surface area contributed by atoms with Crippen LogP contribution in [0.4, 0.5) is 0 Å². The summed E-state index contributed by atoms with van der Waals surface area (Å²) in [7, 11) is 1.72. The Labute approximate surface area is 102 Å². The van der Waals surface area contributed by atoms with Gasteiger partial charge in [-0.1, -0.05) is 6.07 Å². The molecule has 1 aromatic carbocycles. The van der Waals surface area contributed by atoms with Crippen LogP contribution < -0.4 is 10.5 Å². The van der Waals surface area contributed by atoms with E-state index < -0.39 is 0 Å². The first kappa shape index (κ1) is 13.5. The lowest BCUT2D eigenvalue weighted by molar-refractivity contribution is -0.128. The fourth-order valence-corrected chi connectivity index (χ4v) is 1.38. The van der Waals surface area contributed by atoms with Gasteiger partial charge in [0.2, 0.25) is 5.91 Å². The number of hydrogen-bond donors (Lipinski definition) is 1. The fraction of sp³-hybridized carbons (Fsp3) is 0.462. The van der Waals surface area contributed by atoms with Crippen molar-refractivity contribution in [1.29, 1.82) is 0 Å². The first-order valence-electron chi connectivity index (χ1n) is 5.68. The molecule has 0 aromatic heterocycles. The third-order valence-electron chi connectivity index (χ3n) is 2.77. The molecule has 0 spiro atoms. The van der Waals surface area contributed by atoms with Crippen LogP contribution in [0.25, 0.3) is 0 Å². The lowest BCUT2D eigenvalue weighted by Crippen LogP contribution is -2.35. The van der Waals surface area contributed by atoms with Gasteiger partial charge in [0.15, 0.2) is 0 Å². The van der Waals surface area contributed by atoms with E-state index in [9.17, 15) is 4.79 Å². The molecule has 0 aliphatic carbocycles. The van der Waals surface area contributed by atoms with Crippen molar-refractivity contribution in [1.82, 2.24) is 4.90 Å². The first-order valence-corrected chi connectivity index (χ1v) is 5.68. The largest absolute Gasteiger partial charge is 0.492 e. The van der Waals surface area contributed by atoms with Gasteiger partial charge in [0.1, 0.15) is 12.4 Å². The average molecular weight is 236 g/mol. The average Bonchev–Trinajstić information content (AvgIpc) is 2.32. The van der Waals surface area contributed by atoms with E-state index >= 15 is 0 Å². The van der Waals surface area contributed by atoms with Crippen LogP contribution in [0, 0.1) is 13.8 Å². The number of aryl methyl sites for hydroxylation is 2.